The van der Waals surface area contributed by atoms with Crippen LogP contribution >= 0.6 is 11.6 Å². The van der Waals surface area contributed by atoms with E-state index in [2.05, 4.69) is 10.3 Å². The Labute approximate surface area is 97.1 Å². The molecule has 0 saturated heterocycles. The molecular formula is C11H9ClFN3. The van der Waals surface area contributed by atoms with Crippen molar-refractivity contribution in [3.05, 3.63) is 47.4 Å². The lowest BCUT2D eigenvalue weighted by Gasteiger charge is -2.06. The Morgan fingerprint density at radius 1 is 1.25 bits per heavy atom. The lowest BCUT2D eigenvalue weighted by Crippen LogP contribution is -1.95. The number of anilines is 3. The summed E-state index contributed by atoms with van der Waals surface area (Å²) < 4.78 is 12.9. The number of nitrogens with zero attached hydrogens (tertiary/aromatic N) is 1. The molecule has 0 fully saturated rings. The number of hydrogen-bond donors (Lipinski definition) is 2. The van der Waals surface area contributed by atoms with Gasteiger partial charge in [0.2, 0.25) is 0 Å². The molecule has 5 heteroatoms. The van der Waals surface area contributed by atoms with Crippen LogP contribution in [0.25, 0.3) is 0 Å². The van der Waals surface area contributed by atoms with Crippen molar-refractivity contribution in [2.45, 2.75) is 0 Å². The molecule has 1 aromatic carbocycles. The highest BCUT2D eigenvalue weighted by atomic mass is 35.5. The van der Waals surface area contributed by atoms with Crippen molar-refractivity contribution >= 4 is 28.8 Å². The lowest BCUT2D eigenvalue weighted by atomic mass is 10.3. The van der Waals surface area contributed by atoms with Gasteiger partial charge in [-0.15, -0.1) is 0 Å². The molecule has 0 saturated carbocycles. The second-order valence-corrected chi connectivity index (χ2v) is 3.64. The summed E-state index contributed by atoms with van der Waals surface area (Å²) in [7, 11) is 0. The van der Waals surface area contributed by atoms with Crippen LogP contribution in [-0.2, 0) is 0 Å². The maximum Gasteiger partial charge on any atom is 0.141 e. The molecule has 16 heavy (non-hydrogen) atoms. The molecule has 0 aliphatic carbocycles. The maximum absolute atomic E-state index is 12.9. The zero-order chi connectivity index (χ0) is 11.5. The summed E-state index contributed by atoms with van der Waals surface area (Å²) in [6.45, 7) is 0. The van der Waals surface area contributed by atoms with Crippen LogP contribution in [-0.4, -0.2) is 4.98 Å². The van der Waals surface area contributed by atoms with E-state index in [1.165, 1.54) is 12.1 Å². The van der Waals surface area contributed by atoms with Crippen molar-refractivity contribution in [2.75, 3.05) is 11.1 Å². The fourth-order valence-electron chi connectivity index (χ4n) is 1.24. The zero-order valence-corrected chi connectivity index (χ0v) is 9.00. The van der Waals surface area contributed by atoms with E-state index in [1.54, 1.807) is 24.4 Å². The minimum Gasteiger partial charge on any atom is -0.399 e. The van der Waals surface area contributed by atoms with Crippen LogP contribution in [0.15, 0.2) is 36.5 Å². The summed E-state index contributed by atoms with van der Waals surface area (Å²) in [6.07, 6.45) is 1.59. The molecule has 0 radical (unpaired) electrons. The molecule has 3 nitrogen and oxygen atoms in total. The molecule has 2 aromatic rings. The molecule has 1 heterocycles. The molecule has 0 aliphatic rings. The highest BCUT2D eigenvalue weighted by molar-refractivity contribution is 6.31. The number of nitrogen functional groups attached to an aromatic ring is 1. The molecule has 0 spiro atoms. The topological polar surface area (TPSA) is 50.9 Å². The van der Waals surface area contributed by atoms with Gasteiger partial charge in [-0.2, -0.15) is 0 Å². The Morgan fingerprint density at radius 3 is 2.75 bits per heavy atom. The van der Waals surface area contributed by atoms with Crippen LogP contribution in [0.5, 0.6) is 0 Å². The minimum absolute atomic E-state index is 0.0638. The Hall–Kier alpha value is -1.81. The summed E-state index contributed by atoms with van der Waals surface area (Å²) in [5, 5.41) is 3.03. The third-order valence-electron chi connectivity index (χ3n) is 1.98. The highest BCUT2D eigenvalue weighted by Gasteiger charge is 2.01. The molecule has 2 rings (SSSR count). The van der Waals surface area contributed by atoms with Crippen LogP contribution in [0.4, 0.5) is 21.6 Å². The number of nitrogens with one attached hydrogen (secondary N) is 1. The van der Waals surface area contributed by atoms with Gasteiger partial charge in [-0.05, 0) is 24.3 Å². The molecule has 1 aromatic heterocycles. The zero-order valence-electron chi connectivity index (χ0n) is 8.24. The van der Waals surface area contributed by atoms with Gasteiger partial charge in [0.25, 0.3) is 0 Å². The molecule has 0 amide bonds. The normalized spacial score (nSPS) is 10.1. The first-order valence-electron chi connectivity index (χ1n) is 4.59. The first-order valence-corrected chi connectivity index (χ1v) is 4.96. The summed E-state index contributed by atoms with van der Waals surface area (Å²) in [5.74, 6) is 0.135. The number of nitrogens with two attached hydrogens (primary N) is 1. The second kappa shape index (κ2) is 4.37. The van der Waals surface area contributed by atoms with Crippen molar-refractivity contribution in [3.8, 4) is 0 Å². The van der Waals surface area contributed by atoms with Crippen molar-refractivity contribution in [2.24, 2.45) is 0 Å². The van der Waals surface area contributed by atoms with Crippen LogP contribution in [0, 0.1) is 5.82 Å². The molecule has 0 aliphatic heterocycles. The Morgan fingerprint density at radius 2 is 2.06 bits per heavy atom. The van der Waals surface area contributed by atoms with Crippen LogP contribution in [0.2, 0.25) is 5.02 Å². The minimum atomic E-state index is -0.451. The van der Waals surface area contributed by atoms with Crippen LogP contribution in [0.3, 0.4) is 0 Å². The smallest absolute Gasteiger partial charge is 0.141 e. The monoisotopic (exact) mass is 237 g/mol. The van der Waals surface area contributed by atoms with Gasteiger partial charge in [-0.3, -0.25) is 0 Å². The third-order valence-corrected chi connectivity index (χ3v) is 2.27. The van der Waals surface area contributed by atoms with E-state index < -0.39 is 5.82 Å². The number of halogens is 2. The van der Waals surface area contributed by atoms with Crippen molar-refractivity contribution in [1.82, 2.24) is 4.98 Å². The maximum atomic E-state index is 12.9. The van der Waals surface area contributed by atoms with E-state index in [0.717, 1.165) is 0 Å². The number of pyridine rings is 1. The van der Waals surface area contributed by atoms with Crippen LogP contribution < -0.4 is 11.1 Å². The van der Waals surface area contributed by atoms with Crippen molar-refractivity contribution in [3.63, 3.8) is 0 Å². The van der Waals surface area contributed by atoms with Gasteiger partial charge in [0, 0.05) is 23.6 Å². The van der Waals surface area contributed by atoms with Gasteiger partial charge >= 0.3 is 0 Å². The number of rotatable bonds is 2. The first kappa shape index (κ1) is 10.7. The lowest BCUT2D eigenvalue weighted by molar-refractivity contribution is 0.628. The summed E-state index contributed by atoms with van der Waals surface area (Å²) >= 11 is 5.65. The Bertz CT molecular complexity index is 516. The van der Waals surface area contributed by atoms with E-state index in [0.29, 0.717) is 17.2 Å². The third kappa shape index (κ3) is 2.41. The van der Waals surface area contributed by atoms with E-state index in [1.807, 2.05) is 0 Å². The van der Waals surface area contributed by atoms with E-state index in [-0.39, 0.29) is 5.02 Å². The standard InChI is InChI=1S/C11H9ClFN3/c12-9-6-8(1-2-10(9)13)16-11-5-7(14)3-4-15-11/h1-6H,(H3,14,15,16). The molecule has 82 valence electrons. The highest BCUT2D eigenvalue weighted by Crippen LogP contribution is 2.22. The molecular weight excluding hydrogens is 229 g/mol. The number of benzene rings is 1. The van der Waals surface area contributed by atoms with Gasteiger partial charge in [0.1, 0.15) is 11.6 Å². The van der Waals surface area contributed by atoms with Gasteiger partial charge < -0.3 is 11.1 Å². The summed E-state index contributed by atoms with van der Waals surface area (Å²) in [6, 6.07) is 7.71. The SMILES string of the molecule is Nc1ccnc(Nc2ccc(F)c(Cl)c2)c1. The molecule has 0 unspecified atom stereocenters. The fraction of sp³-hybridized carbons (Fsp3) is 0. The summed E-state index contributed by atoms with van der Waals surface area (Å²) in [5.41, 5.74) is 6.86. The second-order valence-electron chi connectivity index (χ2n) is 3.23. The molecule has 0 atom stereocenters. The van der Waals surface area contributed by atoms with E-state index >= 15 is 0 Å². The van der Waals surface area contributed by atoms with E-state index in [4.69, 9.17) is 17.3 Å². The van der Waals surface area contributed by atoms with Gasteiger partial charge in [0.15, 0.2) is 0 Å². The van der Waals surface area contributed by atoms with Gasteiger partial charge in [-0.25, -0.2) is 9.37 Å². The quantitative estimate of drug-likeness (QED) is 0.843. The predicted octanol–water partition coefficient (Wildman–Crippen LogP) is 3.20. The fourth-order valence-corrected chi connectivity index (χ4v) is 1.42. The average Bonchev–Trinajstić information content (AvgIpc) is 2.24. The number of aromatic nitrogens is 1. The van der Waals surface area contributed by atoms with Gasteiger partial charge in [-0.1, -0.05) is 11.6 Å². The van der Waals surface area contributed by atoms with E-state index in [9.17, 15) is 4.39 Å². The Balaban J connectivity index is 2.24. The van der Waals surface area contributed by atoms with Crippen LogP contribution in [0.1, 0.15) is 0 Å². The first-order chi connectivity index (χ1) is 7.65. The largest absolute Gasteiger partial charge is 0.399 e. The molecule has 3 N–H and O–H groups in total. The summed E-state index contributed by atoms with van der Waals surface area (Å²) in [4.78, 5) is 4.06. The van der Waals surface area contributed by atoms with Gasteiger partial charge in [0.05, 0.1) is 5.02 Å². The number of hydrogen-bond acceptors (Lipinski definition) is 3. The Kier molecular flexibility index (Phi) is 2.92. The molecule has 0 bridgehead atoms. The average molecular weight is 238 g/mol. The van der Waals surface area contributed by atoms with Crippen molar-refractivity contribution < 1.29 is 4.39 Å². The predicted molar refractivity (Wildman–Crippen MR) is 63.3 cm³/mol. The van der Waals surface area contributed by atoms with Crippen molar-refractivity contribution in [1.29, 1.82) is 0 Å².